The number of nitriles is 1. The molecule has 6 heteroatoms. The first-order valence-electron chi connectivity index (χ1n) is 7.94. The smallest absolute Gasteiger partial charge is 0.428 e. The van der Waals surface area contributed by atoms with Crippen LogP contribution in [0.2, 0.25) is 0 Å². The maximum Gasteiger partial charge on any atom is 0.516 e. The molecule has 1 fully saturated rings. The molecular formula is C18H22N2O4. The lowest BCUT2D eigenvalue weighted by atomic mass is 9.97. The van der Waals surface area contributed by atoms with Crippen molar-refractivity contribution in [2.24, 2.45) is 5.92 Å². The second kappa shape index (κ2) is 7.45. The van der Waals surface area contributed by atoms with Crippen LogP contribution in [0.3, 0.4) is 0 Å². The average Bonchev–Trinajstić information content (AvgIpc) is 2.93. The molecule has 2 atom stereocenters. The lowest BCUT2D eigenvalue weighted by Crippen LogP contribution is -2.26. The van der Waals surface area contributed by atoms with Gasteiger partial charge in [0.1, 0.15) is 5.60 Å². The van der Waals surface area contributed by atoms with Gasteiger partial charge in [0.15, 0.2) is 0 Å². The van der Waals surface area contributed by atoms with Gasteiger partial charge in [-0.1, -0.05) is 12.1 Å². The molecule has 0 spiro atoms. The summed E-state index contributed by atoms with van der Waals surface area (Å²) in [5.74, 6) is -0.475. The zero-order valence-electron chi connectivity index (χ0n) is 14.2. The molecule has 1 N–H and O–H groups in total. The van der Waals surface area contributed by atoms with Crippen LogP contribution in [0, 0.1) is 17.2 Å². The molecule has 1 aromatic carbocycles. The minimum absolute atomic E-state index is 0.0978. The Balaban J connectivity index is 1.82. The molecule has 1 aromatic rings. The highest BCUT2D eigenvalue weighted by molar-refractivity contribution is 5.82. The summed E-state index contributed by atoms with van der Waals surface area (Å²) in [5, 5.41) is 12.2. The highest BCUT2D eigenvalue weighted by Crippen LogP contribution is 2.29. The van der Waals surface area contributed by atoms with Gasteiger partial charge in [-0.2, -0.15) is 5.26 Å². The summed E-state index contributed by atoms with van der Waals surface area (Å²) in [5.41, 5.74) is 1.01. The zero-order valence-corrected chi connectivity index (χ0v) is 14.2. The average molecular weight is 330 g/mol. The van der Waals surface area contributed by atoms with E-state index in [1.807, 2.05) is 12.1 Å². The quantitative estimate of drug-likeness (QED) is 0.677. The second-order valence-corrected chi connectivity index (χ2v) is 6.94. The molecule has 1 saturated heterocycles. The van der Waals surface area contributed by atoms with E-state index in [1.165, 1.54) is 0 Å². The summed E-state index contributed by atoms with van der Waals surface area (Å²) in [6.45, 7) is 5.81. The van der Waals surface area contributed by atoms with Crippen LogP contribution >= 0.6 is 0 Å². The van der Waals surface area contributed by atoms with Crippen LogP contribution < -0.4 is 5.32 Å². The third-order valence-corrected chi connectivity index (χ3v) is 3.71. The molecule has 24 heavy (non-hydrogen) atoms. The Bertz CT molecular complexity index is 640. The van der Waals surface area contributed by atoms with E-state index >= 15 is 0 Å². The van der Waals surface area contributed by atoms with E-state index in [4.69, 9.17) is 14.7 Å². The Morgan fingerprint density at radius 1 is 1.29 bits per heavy atom. The van der Waals surface area contributed by atoms with Crippen molar-refractivity contribution >= 4 is 12.1 Å². The zero-order chi connectivity index (χ0) is 17.7. The number of benzene rings is 1. The molecular weight excluding hydrogens is 308 g/mol. The first kappa shape index (κ1) is 18.0. The third kappa shape index (κ3) is 5.36. The third-order valence-electron chi connectivity index (χ3n) is 3.71. The van der Waals surface area contributed by atoms with E-state index in [0.29, 0.717) is 12.1 Å². The van der Waals surface area contributed by atoms with Gasteiger partial charge in [0, 0.05) is 6.04 Å². The topological polar surface area (TPSA) is 88.4 Å². The fourth-order valence-electron chi connectivity index (χ4n) is 2.65. The molecule has 0 aliphatic carbocycles. The summed E-state index contributed by atoms with van der Waals surface area (Å²) in [6.07, 6.45) is -0.0176. The van der Waals surface area contributed by atoms with Crippen molar-refractivity contribution < 1.29 is 19.1 Å². The Morgan fingerprint density at radius 3 is 2.54 bits per heavy atom. The first-order valence-corrected chi connectivity index (χ1v) is 7.94. The fraction of sp³-hybridized carbons (Fsp3) is 0.500. The van der Waals surface area contributed by atoms with Crippen LogP contribution in [0.1, 0.15) is 50.8 Å². The van der Waals surface area contributed by atoms with E-state index in [1.54, 1.807) is 32.9 Å². The number of esters is 1. The number of hydrogen-bond acceptors (Lipinski definition) is 6. The van der Waals surface area contributed by atoms with Crippen molar-refractivity contribution in [3.63, 3.8) is 0 Å². The second-order valence-electron chi connectivity index (χ2n) is 6.94. The van der Waals surface area contributed by atoms with Gasteiger partial charge in [-0.3, -0.25) is 4.79 Å². The normalized spacial score (nSPS) is 20.2. The molecule has 0 aromatic heterocycles. The molecule has 0 bridgehead atoms. The van der Waals surface area contributed by atoms with E-state index in [-0.39, 0.29) is 18.4 Å². The molecule has 1 aliphatic heterocycles. The molecule has 2 unspecified atom stereocenters. The van der Waals surface area contributed by atoms with E-state index in [0.717, 1.165) is 12.0 Å². The van der Waals surface area contributed by atoms with Crippen molar-refractivity contribution in [3.05, 3.63) is 35.4 Å². The maximum absolute atomic E-state index is 11.8. The van der Waals surface area contributed by atoms with E-state index < -0.39 is 17.7 Å². The van der Waals surface area contributed by atoms with Crippen molar-refractivity contribution in [1.29, 1.82) is 5.26 Å². The minimum Gasteiger partial charge on any atom is -0.428 e. The largest absolute Gasteiger partial charge is 0.516 e. The number of carbonyl (C=O) groups excluding carboxylic acids is 2. The van der Waals surface area contributed by atoms with Crippen LogP contribution in [0.15, 0.2) is 24.3 Å². The van der Waals surface area contributed by atoms with E-state index in [2.05, 4.69) is 11.4 Å². The van der Waals surface area contributed by atoms with Crippen LogP contribution in [0.5, 0.6) is 0 Å². The predicted octanol–water partition coefficient (Wildman–Crippen LogP) is 3.08. The number of nitrogens with one attached hydrogen (secondary N) is 1. The lowest BCUT2D eigenvalue weighted by Gasteiger charge is -2.18. The Kier molecular flexibility index (Phi) is 5.58. The van der Waals surface area contributed by atoms with Gasteiger partial charge < -0.3 is 14.8 Å². The van der Waals surface area contributed by atoms with Crippen LogP contribution in [0.25, 0.3) is 0 Å². The number of carbonyl (C=O) groups is 2. The molecule has 128 valence electrons. The molecule has 2 rings (SSSR count). The van der Waals surface area contributed by atoms with Crippen molar-refractivity contribution in [3.8, 4) is 6.07 Å². The SMILES string of the molecule is CC(C)(C)OC(=O)OC(=O)CC1CNC(c2ccc(C#N)cc2)C1. The number of rotatable bonds is 3. The van der Waals surface area contributed by atoms with Crippen molar-refractivity contribution in [2.75, 3.05) is 6.54 Å². The first-order chi connectivity index (χ1) is 11.3. The predicted molar refractivity (Wildman–Crippen MR) is 87.0 cm³/mol. The summed E-state index contributed by atoms with van der Waals surface area (Å²) in [6, 6.07) is 9.61. The van der Waals surface area contributed by atoms with Gasteiger partial charge in [-0.25, -0.2) is 4.79 Å². The van der Waals surface area contributed by atoms with Crippen molar-refractivity contribution in [1.82, 2.24) is 5.32 Å². The molecule has 0 saturated carbocycles. The summed E-state index contributed by atoms with van der Waals surface area (Å²) < 4.78 is 9.66. The van der Waals surface area contributed by atoms with Crippen LogP contribution in [0.4, 0.5) is 4.79 Å². The van der Waals surface area contributed by atoms with Gasteiger partial charge >= 0.3 is 12.1 Å². The van der Waals surface area contributed by atoms with Crippen LogP contribution in [-0.2, 0) is 14.3 Å². The monoisotopic (exact) mass is 330 g/mol. The van der Waals surface area contributed by atoms with Gasteiger partial charge in [0.25, 0.3) is 0 Å². The number of hydrogen-bond donors (Lipinski definition) is 1. The fourth-order valence-corrected chi connectivity index (χ4v) is 2.65. The number of nitrogens with zero attached hydrogens (tertiary/aromatic N) is 1. The summed E-state index contributed by atoms with van der Waals surface area (Å²) in [4.78, 5) is 23.3. The highest BCUT2D eigenvalue weighted by Gasteiger charge is 2.29. The maximum atomic E-state index is 11.8. The van der Waals surface area contributed by atoms with Crippen molar-refractivity contribution in [2.45, 2.75) is 45.3 Å². The van der Waals surface area contributed by atoms with Crippen LogP contribution in [-0.4, -0.2) is 24.3 Å². The summed E-state index contributed by atoms with van der Waals surface area (Å²) in [7, 11) is 0. The highest BCUT2D eigenvalue weighted by atomic mass is 16.7. The Labute approximate surface area is 141 Å². The molecule has 0 radical (unpaired) electrons. The standard InChI is InChI=1S/C18H22N2O4/c1-18(2,3)24-17(22)23-16(21)9-13-8-15(20-11-13)14-6-4-12(10-19)5-7-14/h4-7,13,15,20H,8-9,11H2,1-3H3. The van der Waals surface area contributed by atoms with Gasteiger partial charge in [0.2, 0.25) is 0 Å². The lowest BCUT2D eigenvalue weighted by molar-refractivity contribution is -0.142. The summed E-state index contributed by atoms with van der Waals surface area (Å²) >= 11 is 0. The molecule has 0 amide bonds. The van der Waals surface area contributed by atoms with Gasteiger partial charge in [-0.05, 0) is 57.4 Å². The molecule has 6 nitrogen and oxygen atoms in total. The Morgan fingerprint density at radius 2 is 1.96 bits per heavy atom. The molecule has 1 aliphatic rings. The van der Waals surface area contributed by atoms with Gasteiger partial charge in [-0.15, -0.1) is 0 Å². The van der Waals surface area contributed by atoms with Gasteiger partial charge in [0.05, 0.1) is 18.1 Å². The van der Waals surface area contributed by atoms with E-state index in [9.17, 15) is 9.59 Å². The number of ether oxygens (including phenoxy) is 2. The minimum atomic E-state index is -0.956. The Hall–Kier alpha value is -2.39. The molecule has 1 heterocycles.